The molecule has 7 rings (SSSR count). The molecule has 0 spiro atoms. The normalized spacial score (nSPS) is 40.8. The summed E-state index contributed by atoms with van der Waals surface area (Å²) in [5, 5.41) is 237. The Morgan fingerprint density at radius 2 is 0.433 bits per heavy atom. The van der Waals surface area contributed by atoms with E-state index >= 15 is 0 Å². The molecule has 7 aliphatic rings. The maximum absolute atomic E-state index is 9.71. The molecule has 0 bridgehead atoms. The third-order valence-electron chi connectivity index (χ3n) is 15.0. The zero-order chi connectivity index (χ0) is 71.3. The molecule has 35 nitrogen and oxygen atoms in total. The summed E-state index contributed by atoms with van der Waals surface area (Å²) in [4.78, 5) is 0. The minimum Gasteiger partial charge on any atom is -0.400 e. The fourth-order valence-corrected chi connectivity index (χ4v) is 8.57. The van der Waals surface area contributed by atoms with Crippen molar-refractivity contribution in [3.8, 4) is 0 Å². The minimum atomic E-state index is -1.22. The van der Waals surface area contributed by atoms with Crippen LogP contribution < -0.4 is 0 Å². The van der Waals surface area contributed by atoms with E-state index in [0.717, 1.165) is 28.4 Å². The molecule has 35 heteroatoms. The van der Waals surface area contributed by atoms with Crippen molar-refractivity contribution in [3.05, 3.63) is 0 Å². The van der Waals surface area contributed by atoms with Crippen molar-refractivity contribution >= 4 is 0 Å². The highest BCUT2D eigenvalue weighted by molar-refractivity contribution is 4.91. The molecule has 90 heavy (non-hydrogen) atoms. The van der Waals surface area contributed by atoms with Gasteiger partial charge in [0.25, 0.3) is 0 Å². The molecule has 550 valence electrons. The van der Waals surface area contributed by atoms with E-state index in [1.165, 1.54) is 7.11 Å². The quantitative estimate of drug-likeness (QED) is 0.102. The van der Waals surface area contributed by atoms with Gasteiger partial charge in [-0.15, -0.1) is 0 Å². The lowest BCUT2D eigenvalue weighted by atomic mass is 9.88. The highest BCUT2D eigenvalue weighted by atomic mass is 16.6. The first kappa shape index (κ1) is 97.3. The topological polar surface area (TPSA) is 620 Å². The zero-order valence-electron chi connectivity index (χ0n) is 54.0. The molecule has 29 atom stereocenters. The molecular weight excluding hydrogens is 1220 g/mol. The summed E-state index contributed by atoms with van der Waals surface area (Å²) in [6, 6.07) is 0. The lowest BCUT2D eigenvalue weighted by Gasteiger charge is -2.40. The maximum Gasteiger partial charge on any atom is 0.111 e. The smallest absolute Gasteiger partial charge is 0.111 e. The molecule has 0 amide bonds. The molecule has 0 aromatic rings. The van der Waals surface area contributed by atoms with Gasteiger partial charge in [-0.3, -0.25) is 0 Å². The monoisotopic (exact) mass is 1340 g/mol. The van der Waals surface area contributed by atoms with Gasteiger partial charge in [0.15, 0.2) is 0 Å². The minimum absolute atomic E-state index is 0.0521. The summed E-state index contributed by atoms with van der Waals surface area (Å²) in [7, 11) is 5.51. The second-order valence-electron chi connectivity index (χ2n) is 20.8. The number of aliphatic hydroxyl groups is 27. The number of hydrogen-bond donors (Lipinski definition) is 27. The van der Waals surface area contributed by atoms with Crippen molar-refractivity contribution in [1.82, 2.24) is 0 Å². The highest BCUT2D eigenvalue weighted by Gasteiger charge is 2.43. The van der Waals surface area contributed by atoms with Crippen LogP contribution in [-0.4, -0.2) is 412 Å². The van der Waals surface area contributed by atoms with E-state index in [1.54, 1.807) is 34.6 Å². The summed E-state index contributed by atoms with van der Waals surface area (Å²) in [6.45, 7) is 11.9. The van der Waals surface area contributed by atoms with E-state index in [4.69, 9.17) is 125 Å². The van der Waals surface area contributed by atoms with Gasteiger partial charge >= 0.3 is 0 Å². The molecule has 0 radical (unpaired) electrons. The average Bonchev–Trinajstić information content (AvgIpc) is 1.55. The van der Waals surface area contributed by atoms with Crippen LogP contribution in [0.4, 0.5) is 0 Å². The van der Waals surface area contributed by atoms with Crippen molar-refractivity contribution < 1.29 is 176 Å². The van der Waals surface area contributed by atoms with Crippen LogP contribution in [0.3, 0.4) is 0 Å². The molecule has 0 saturated carbocycles. The van der Waals surface area contributed by atoms with Crippen molar-refractivity contribution in [2.75, 3.05) is 128 Å². The second kappa shape index (κ2) is 56.7. The Hall–Kier alpha value is -1.40. The van der Waals surface area contributed by atoms with Crippen LogP contribution in [-0.2, 0) is 37.9 Å². The van der Waals surface area contributed by atoms with E-state index < -0.39 is 146 Å². The van der Waals surface area contributed by atoms with Crippen molar-refractivity contribution in [2.45, 2.75) is 195 Å². The molecule has 0 aromatic carbocycles. The summed E-state index contributed by atoms with van der Waals surface area (Å²) < 4.78 is 39.7. The fourth-order valence-electron chi connectivity index (χ4n) is 8.57. The Balaban J connectivity index is -0.000000305. The zero-order valence-corrected chi connectivity index (χ0v) is 54.0. The van der Waals surface area contributed by atoms with Crippen molar-refractivity contribution in [3.63, 3.8) is 0 Å². The molecule has 7 saturated heterocycles. The molecule has 7 fully saturated rings. The van der Waals surface area contributed by atoms with E-state index in [-0.39, 0.29) is 122 Å². The van der Waals surface area contributed by atoms with Crippen LogP contribution in [0.25, 0.3) is 0 Å². The summed E-state index contributed by atoms with van der Waals surface area (Å²) in [5.41, 5.74) is 0. The largest absolute Gasteiger partial charge is 0.400 e. The molecule has 27 N–H and O–H groups in total. The highest BCUT2D eigenvalue weighted by Crippen LogP contribution is 2.27. The van der Waals surface area contributed by atoms with Gasteiger partial charge in [0.1, 0.15) is 85.5 Å². The molecule has 17 unspecified atom stereocenters. The number of ether oxygens (including phenoxy) is 8. The fraction of sp³-hybridized carbons (Fsp3) is 1.00. The number of rotatable bonds is 9. The van der Waals surface area contributed by atoms with Gasteiger partial charge in [-0.1, -0.05) is 48.5 Å². The van der Waals surface area contributed by atoms with Crippen LogP contribution in [0.2, 0.25) is 0 Å². The predicted molar refractivity (Wildman–Crippen MR) is 314 cm³/mol. The van der Waals surface area contributed by atoms with Gasteiger partial charge in [-0.25, -0.2) is 0 Å². The molecular formula is C55H120O35. The average molecular weight is 1340 g/mol. The lowest BCUT2D eigenvalue weighted by Crippen LogP contribution is -2.55. The first-order valence-corrected chi connectivity index (χ1v) is 29.4. The Morgan fingerprint density at radius 1 is 0.256 bits per heavy atom. The van der Waals surface area contributed by atoms with Crippen molar-refractivity contribution in [2.24, 2.45) is 29.6 Å². The van der Waals surface area contributed by atoms with Gasteiger partial charge in [0.2, 0.25) is 0 Å². The summed E-state index contributed by atoms with van der Waals surface area (Å²) in [6.07, 6.45) is -18.9. The van der Waals surface area contributed by atoms with E-state index in [0.29, 0.717) is 0 Å². The Kier molecular flexibility index (Phi) is 61.3. The van der Waals surface area contributed by atoms with E-state index in [9.17, 15) is 51.1 Å². The summed E-state index contributed by atoms with van der Waals surface area (Å²) in [5.74, 6) is -1.20. The standard InChI is InChI=1S/C9H18O5.4C7H14O4.2C6H12O5.C2H6.4CH4O/c1-5-8(11)6(3-10)14-7(4-13-2)9(5)12;4*1-4-5(9)3-11-6(2-8)7(4)10;2*7-1-4-6(10)5(9)3(8)2-11-4;5*1-2/h5-12H,3-4H2,1-2H3;4*4-10H,2-3H2,1H3;2*3-10H,1-2H2;1-2H3;4*2H,1H3/t5-,6?,7+,8?,9?;4-,5?,6?,7?;3*4-,5+,6?,7?;3?,4?,5-,6?;3-,4?,5+,6?;;;;;/m1000001...../s1. The number of hydrogen-bond acceptors (Lipinski definition) is 35. The van der Waals surface area contributed by atoms with Gasteiger partial charge < -0.3 is 176 Å². The number of methoxy groups -OCH3 is 1. The SMILES string of the molecule is CC.CO.CO.CO.CO.COC[C@@H]1OC(CO)C(O)[C@@H](C)C1O.C[C@@H]1C(O)C(CO)OC[C@H]1O.C[C@@H]1C(O)C(CO)OC[C@H]1O.C[C@@H]1C(O)C(CO)OC[C@H]1O.C[C@H]1C(O)COC(CO)C1O.OCC1OCC(O)[C@H](O)C1O.OCC1OC[C@@H](O)[C@H](O)C1O. The van der Waals surface area contributed by atoms with Gasteiger partial charge in [0, 0.05) is 65.1 Å². The van der Waals surface area contributed by atoms with Crippen LogP contribution in [0.5, 0.6) is 0 Å². The maximum atomic E-state index is 9.71. The van der Waals surface area contributed by atoms with Gasteiger partial charge in [-0.2, -0.15) is 0 Å². The third kappa shape index (κ3) is 33.5. The van der Waals surface area contributed by atoms with Gasteiger partial charge in [0.05, 0.1) is 154 Å². The van der Waals surface area contributed by atoms with Crippen LogP contribution in [0, 0.1) is 29.6 Å². The van der Waals surface area contributed by atoms with Gasteiger partial charge in [-0.05, 0) is 0 Å². The first-order chi connectivity index (χ1) is 42.6. The molecule has 7 heterocycles. The molecule has 0 aromatic heterocycles. The Bertz CT molecular complexity index is 1310. The van der Waals surface area contributed by atoms with Crippen LogP contribution in [0.1, 0.15) is 48.5 Å². The van der Waals surface area contributed by atoms with E-state index in [1.807, 2.05) is 13.8 Å². The lowest BCUT2D eigenvalue weighted by molar-refractivity contribution is -0.215. The Morgan fingerprint density at radius 3 is 0.633 bits per heavy atom. The first-order valence-electron chi connectivity index (χ1n) is 29.4. The second-order valence-corrected chi connectivity index (χ2v) is 20.8. The van der Waals surface area contributed by atoms with E-state index in [2.05, 4.69) is 0 Å². The summed E-state index contributed by atoms with van der Waals surface area (Å²) >= 11 is 0. The number of aliphatic hydroxyl groups excluding tert-OH is 27. The third-order valence-corrected chi connectivity index (χ3v) is 15.0. The molecule has 7 aliphatic heterocycles. The molecule has 0 aliphatic carbocycles. The van der Waals surface area contributed by atoms with Crippen LogP contribution in [0.15, 0.2) is 0 Å². The van der Waals surface area contributed by atoms with Crippen LogP contribution >= 0.6 is 0 Å². The predicted octanol–water partition coefficient (Wildman–Crippen LogP) is -11.9. The Labute approximate surface area is 527 Å². The van der Waals surface area contributed by atoms with Crippen molar-refractivity contribution in [1.29, 1.82) is 0 Å².